The molecule has 0 saturated carbocycles. The van der Waals surface area contributed by atoms with Crippen molar-refractivity contribution in [1.29, 1.82) is 0 Å². The number of hydrogen-bond donors (Lipinski definition) is 0. The Morgan fingerprint density at radius 1 is 1.07 bits per heavy atom. The Bertz CT molecular complexity index is 987. The Morgan fingerprint density at radius 2 is 1.78 bits per heavy atom. The zero-order valence-electron chi connectivity index (χ0n) is 15.8. The smallest absolute Gasteiger partial charge is 0.277 e. The molecular formula is C22H22N4O. The average molecular weight is 358 g/mol. The van der Waals surface area contributed by atoms with Crippen molar-refractivity contribution in [2.75, 3.05) is 16.8 Å². The average Bonchev–Trinajstić information content (AvgIpc) is 3.02. The zero-order valence-corrected chi connectivity index (χ0v) is 15.8. The molecule has 1 unspecified atom stereocenters. The summed E-state index contributed by atoms with van der Waals surface area (Å²) in [6, 6.07) is 19.8. The molecule has 2 aromatic carbocycles. The Labute approximate surface area is 159 Å². The topological polar surface area (TPSA) is 49.3 Å². The molecule has 1 aliphatic heterocycles. The predicted molar refractivity (Wildman–Crippen MR) is 108 cm³/mol. The minimum absolute atomic E-state index is 0.0827. The summed E-state index contributed by atoms with van der Waals surface area (Å²) < 4.78 is 0. The second kappa shape index (κ2) is 6.83. The number of rotatable bonds is 3. The highest BCUT2D eigenvalue weighted by atomic mass is 16.2. The fourth-order valence-corrected chi connectivity index (χ4v) is 3.58. The number of hydrogen-bond acceptors (Lipinski definition) is 4. The number of benzene rings is 2. The Kier molecular flexibility index (Phi) is 4.36. The molecule has 0 aliphatic carbocycles. The van der Waals surface area contributed by atoms with E-state index in [1.165, 1.54) is 5.56 Å². The van der Waals surface area contributed by atoms with E-state index in [1.807, 2.05) is 72.3 Å². The van der Waals surface area contributed by atoms with Crippen molar-refractivity contribution in [3.05, 3.63) is 77.6 Å². The van der Waals surface area contributed by atoms with E-state index in [2.05, 4.69) is 23.0 Å². The van der Waals surface area contributed by atoms with E-state index >= 15 is 0 Å². The Balaban J connectivity index is 1.70. The molecule has 1 atom stereocenters. The number of nitrogens with zero attached hydrogens (tertiary/aromatic N) is 4. The summed E-state index contributed by atoms with van der Waals surface area (Å²) in [5, 5.41) is 0. The molecule has 5 nitrogen and oxygen atoms in total. The van der Waals surface area contributed by atoms with Crippen molar-refractivity contribution in [2.45, 2.75) is 26.3 Å². The van der Waals surface area contributed by atoms with Crippen LogP contribution in [-0.4, -0.2) is 29.0 Å². The lowest BCUT2D eigenvalue weighted by Crippen LogP contribution is -2.36. The molecule has 0 N–H and O–H groups in total. The van der Waals surface area contributed by atoms with Crippen LogP contribution in [0.2, 0.25) is 0 Å². The first kappa shape index (κ1) is 17.2. The zero-order chi connectivity index (χ0) is 19.0. The van der Waals surface area contributed by atoms with E-state index in [9.17, 15) is 4.79 Å². The van der Waals surface area contributed by atoms with Gasteiger partial charge >= 0.3 is 0 Å². The third-order valence-electron chi connectivity index (χ3n) is 4.93. The van der Waals surface area contributed by atoms with Crippen molar-refractivity contribution in [3.63, 3.8) is 0 Å². The summed E-state index contributed by atoms with van der Waals surface area (Å²) >= 11 is 0. The molecule has 1 aliphatic rings. The summed E-state index contributed by atoms with van der Waals surface area (Å²) in [5.41, 5.74) is 4.34. The number of carbonyl (C=O) groups is 1. The number of fused-ring (bicyclic) bond motifs is 1. The van der Waals surface area contributed by atoms with Crippen LogP contribution in [0.3, 0.4) is 0 Å². The second-order valence-corrected chi connectivity index (χ2v) is 6.95. The van der Waals surface area contributed by atoms with Crippen LogP contribution in [0.4, 0.5) is 17.3 Å². The summed E-state index contributed by atoms with van der Waals surface area (Å²) in [4.78, 5) is 26.2. The van der Waals surface area contributed by atoms with Gasteiger partial charge in [-0.05, 0) is 50.1 Å². The van der Waals surface area contributed by atoms with Gasteiger partial charge in [-0.2, -0.15) is 0 Å². The Morgan fingerprint density at radius 3 is 2.56 bits per heavy atom. The van der Waals surface area contributed by atoms with Gasteiger partial charge in [-0.3, -0.25) is 4.79 Å². The van der Waals surface area contributed by atoms with Gasteiger partial charge in [0.05, 0.1) is 0 Å². The first-order valence-electron chi connectivity index (χ1n) is 9.10. The second-order valence-electron chi connectivity index (χ2n) is 6.95. The van der Waals surface area contributed by atoms with E-state index in [0.29, 0.717) is 11.6 Å². The quantitative estimate of drug-likeness (QED) is 0.706. The van der Waals surface area contributed by atoms with Gasteiger partial charge in [-0.1, -0.05) is 36.4 Å². The SMILES string of the molecule is Cc1cc(C(=O)N2c3ccccc3CC2C)nc(N(C)c2ccccc2)n1. The minimum Gasteiger partial charge on any atom is -0.314 e. The lowest BCUT2D eigenvalue weighted by atomic mass is 10.1. The van der Waals surface area contributed by atoms with Crippen LogP contribution in [0, 0.1) is 6.92 Å². The molecule has 1 aromatic heterocycles. The summed E-state index contributed by atoms with van der Waals surface area (Å²) in [7, 11) is 1.91. The molecule has 4 rings (SSSR count). The van der Waals surface area contributed by atoms with Crippen molar-refractivity contribution in [2.24, 2.45) is 0 Å². The fraction of sp³-hybridized carbons (Fsp3) is 0.227. The summed E-state index contributed by atoms with van der Waals surface area (Å²) in [6.07, 6.45) is 0.864. The standard InChI is InChI=1S/C22H22N4O/c1-15-13-19(24-22(23-15)25(3)18-10-5-4-6-11-18)21(27)26-16(2)14-17-9-7-8-12-20(17)26/h4-13,16H,14H2,1-3H3. The van der Waals surface area contributed by atoms with Crippen LogP contribution in [0.1, 0.15) is 28.7 Å². The first-order chi connectivity index (χ1) is 13.0. The van der Waals surface area contributed by atoms with Gasteiger partial charge in [0.15, 0.2) is 0 Å². The van der Waals surface area contributed by atoms with Gasteiger partial charge in [0, 0.05) is 30.2 Å². The van der Waals surface area contributed by atoms with Gasteiger partial charge < -0.3 is 9.80 Å². The number of anilines is 3. The van der Waals surface area contributed by atoms with Gasteiger partial charge in [-0.15, -0.1) is 0 Å². The molecule has 0 saturated heterocycles. The molecule has 0 spiro atoms. The molecular weight excluding hydrogens is 336 g/mol. The van der Waals surface area contributed by atoms with E-state index < -0.39 is 0 Å². The van der Waals surface area contributed by atoms with Crippen LogP contribution in [0.5, 0.6) is 0 Å². The molecule has 0 radical (unpaired) electrons. The molecule has 1 amide bonds. The molecule has 136 valence electrons. The maximum atomic E-state index is 13.3. The normalized spacial score (nSPS) is 15.5. The van der Waals surface area contributed by atoms with Crippen LogP contribution < -0.4 is 9.80 Å². The number of aryl methyl sites for hydroxylation is 1. The van der Waals surface area contributed by atoms with E-state index in [4.69, 9.17) is 0 Å². The summed E-state index contributed by atoms with van der Waals surface area (Å²) in [6.45, 7) is 3.96. The maximum absolute atomic E-state index is 13.3. The van der Waals surface area contributed by atoms with Crippen LogP contribution in [0.15, 0.2) is 60.7 Å². The van der Waals surface area contributed by atoms with Crippen molar-refractivity contribution >= 4 is 23.2 Å². The van der Waals surface area contributed by atoms with Crippen LogP contribution >= 0.6 is 0 Å². The Hall–Kier alpha value is -3.21. The number of para-hydroxylation sites is 2. The van der Waals surface area contributed by atoms with Crippen molar-refractivity contribution < 1.29 is 4.79 Å². The largest absolute Gasteiger partial charge is 0.314 e. The molecule has 0 fully saturated rings. The monoisotopic (exact) mass is 358 g/mol. The van der Waals surface area contributed by atoms with Gasteiger partial charge in [0.25, 0.3) is 5.91 Å². The highest BCUT2D eigenvalue weighted by molar-refractivity contribution is 6.06. The molecule has 5 heteroatoms. The number of carbonyl (C=O) groups excluding carboxylic acids is 1. The highest BCUT2D eigenvalue weighted by Gasteiger charge is 2.32. The minimum atomic E-state index is -0.0827. The summed E-state index contributed by atoms with van der Waals surface area (Å²) in [5.74, 6) is 0.436. The highest BCUT2D eigenvalue weighted by Crippen LogP contribution is 2.33. The van der Waals surface area contributed by atoms with E-state index in [1.54, 1.807) is 6.07 Å². The lowest BCUT2D eigenvalue weighted by Gasteiger charge is -2.23. The predicted octanol–water partition coefficient (Wildman–Crippen LogP) is 4.14. The van der Waals surface area contributed by atoms with Gasteiger partial charge in [0.2, 0.25) is 5.95 Å². The van der Waals surface area contributed by atoms with Gasteiger partial charge in [-0.25, -0.2) is 9.97 Å². The first-order valence-corrected chi connectivity index (χ1v) is 9.10. The maximum Gasteiger partial charge on any atom is 0.277 e. The molecule has 0 bridgehead atoms. The number of amides is 1. The third-order valence-corrected chi connectivity index (χ3v) is 4.93. The fourth-order valence-electron chi connectivity index (χ4n) is 3.58. The van der Waals surface area contributed by atoms with Crippen molar-refractivity contribution in [3.8, 4) is 0 Å². The molecule has 2 heterocycles. The van der Waals surface area contributed by atoms with Gasteiger partial charge in [0.1, 0.15) is 5.69 Å². The molecule has 27 heavy (non-hydrogen) atoms. The third kappa shape index (κ3) is 3.16. The van der Waals surface area contributed by atoms with E-state index in [0.717, 1.165) is 23.5 Å². The van der Waals surface area contributed by atoms with Crippen molar-refractivity contribution in [1.82, 2.24) is 9.97 Å². The lowest BCUT2D eigenvalue weighted by molar-refractivity contribution is 0.0976. The van der Waals surface area contributed by atoms with E-state index in [-0.39, 0.29) is 11.9 Å². The number of aromatic nitrogens is 2. The van der Waals surface area contributed by atoms with Crippen LogP contribution in [-0.2, 0) is 6.42 Å². The molecule has 3 aromatic rings. The van der Waals surface area contributed by atoms with Crippen LogP contribution in [0.25, 0.3) is 0 Å².